The number of carbonyl (C=O) groups is 1. The first-order valence-corrected chi connectivity index (χ1v) is 8.53. The van der Waals surface area contributed by atoms with Gasteiger partial charge in [-0.15, -0.1) is 0 Å². The van der Waals surface area contributed by atoms with E-state index in [1.807, 2.05) is 27.0 Å². The highest BCUT2D eigenvalue weighted by Crippen LogP contribution is 2.55. The lowest BCUT2D eigenvalue weighted by atomic mass is 10.1. The predicted octanol–water partition coefficient (Wildman–Crippen LogP) is 2.36. The van der Waals surface area contributed by atoms with E-state index in [-0.39, 0.29) is 11.9 Å². The summed E-state index contributed by atoms with van der Waals surface area (Å²) in [6.07, 6.45) is 4.27. The standard InChI is InChI=1S/C15H20BrN7O/c1-4-18-12-9(16)6-19-14(21-12)20-10-7-23(22-8(10)2)11-5-15(11,3)13(17)24/h6-7,11H,4-5H2,1-3H3,(H2,17,24)(H2,18,19,20,21)/t11-,15+/m1/s1. The molecule has 8 nitrogen and oxygen atoms in total. The number of halogens is 1. The molecule has 2 heterocycles. The molecule has 0 radical (unpaired) electrons. The lowest BCUT2D eigenvalue weighted by molar-refractivity contribution is -0.122. The van der Waals surface area contributed by atoms with Gasteiger partial charge in [0.05, 0.1) is 27.3 Å². The summed E-state index contributed by atoms with van der Waals surface area (Å²) in [5.41, 5.74) is 6.56. The van der Waals surface area contributed by atoms with Gasteiger partial charge in [-0.2, -0.15) is 10.1 Å². The van der Waals surface area contributed by atoms with E-state index in [9.17, 15) is 4.79 Å². The third-order valence-corrected chi connectivity index (χ3v) is 4.91. The minimum atomic E-state index is -0.512. The first-order chi connectivity index (χ1) is 11.3. The molecule has 0 saturated heterocycles. The topological polar surface area (TPSA) is 111 Å². The average molecular weight is 394 g/mol. The second-order valence-electron chi connectivity index (χ2n) is 6.16. The van der Waals surface area contributed by atoms with Crippen LogP contribution in [0.2, 0.25) is 0 Å². The van der Waals surface area contributed by atoms with Crippen LogP contribution in [0, 0.1) is 12.3 Å². The Morgan fingerprint density at radius 3 is 2.96 bits per heavy atom. The van der Waals surface area contributed by atoms with Crippen LogP contribution in [0.4, 0.5) is 17.5 Å². The lowest BCUT2D eigenvalue weighted by Crippen LogP contribution is -2.24. The van der Waals surface area contributed by atoms with Crippen molar-refractivity contribution in [1.29, 1.82) is 0 Å². The van der Waals surface area contributed by atoms with Crippen LogP contribution in [0.15, 0.2) is 16.9 Å². The second kappa shape index (κ2) is 6.04. The van der Waals surface area contributed by atoms with E-state index in [1.165, 1.54) is 0 Å². The largest absolute Gasteiger partial charge is 0.369 e. The number of primary amides is 1. The number of aryl methyl sites for hydroxylation is 1. The Balaban J connectivity index is 1.80. The number of hydrogen-bond donors (Lipinski definition) is 3. The van der Waals surface area contributed by atoms with Crippen molar-refractivity contribution in [2.75, 3.05) is 17.2 Å². The zero-order valence-electron chi connectivity index (χ0n) is 13.8. The molecule has 1 aliphatic rings. The summed E-state index contributed by atoms with van der Waals surface area (Å²) in [5.74, 6) is 0.912. The quantitative estimate of drug-likeness (QED) is 0.694. The zero-order chi connectivity index (χ0) is 17.5. The van der Waals surface area contributed by atoms with Crippen LogP contribution >= 0.6 is 15.9 Å². The van der Waals surface area contributed by atoms with Crippen molar-refractivity contribution >= 4 is 39.3 Å². The summed E-state index contributed by atoms with van der Waals surface area (Å²) in [4.78, 5) is 20.2. The summed E-state index contributed by atoms with van der Waals surface area (Å²) >= 11 is 3.41. The van der Waals surface area contributed by atoms with Gasteiger partial charge in [-0.1, -0.05) is 0 Å². The first kappa shape index (κ1) is 16.7. The van der Waals surface area contributed by atoms with Gasteiger partial charge in [-0.25, -0.2) is 4.98 Å². The molecule has 4 N–H and O–H groups in total. The average Bonchev–Trinajstić information content (AvgIpc) is 3.10. The lowest BCUT2D eigenvalue weighted by Gasteiger charge is -2.08. The fraction of sp³-hybridized carbons (Fsp3) is 0.467. The Kier molecular flexibility index (Phi) is 4.20. The van der Waals surface area contributed by atoms with Gasteiger partial charge in [-0.3, -0.25) is 9.48 Å². The van der Waals surface area contributed by atoms with Crippen molar-refractivity contribution < 1.29 is 4.79 Å². The number of nitrogens with two attached hydrogens (primary N) is 1. The fourth-order valence-corrected chi connectivity index (χ4v) is 2.93. The van der Waals surface area contributed by atoms with Gasteiger partial charge in [0.1, 0.15) is 5.82 Å². The highest BCUT2D eigenvalue weighted by molar-refractivity contribution is 9.10. The van der Waals surface area contributed by atoms with E-state index in [0.717, 1.165) is 28.2 Å². The van der Waals surface area contributed by atoms with Crippen molar-refractivity contribution in [3.63, 3.8) is 0 Å². The fourth-order valence-electron chi connectivity index (χ4n) is 2.60. The number of rotatable bonds is 6. The molecule has 0 aromatic carbocycles. The Labute approximate surface area is 148 Å². The predicted molar refractivity (Wildman–Crippen MR) is 95.1 cm³/mol. The molecule has 1 amide bonds. The SMILES string of the molecule is CCNc1nc(Nc2cn([C@@H]3C[C@]3(C)C(N)=O)nc2C)ncc1Br. The van der Waals surface area contributed by atoms with Crippen LogP contribution in [0.1, 0.15) is 32.0 Å². The van der Waals surface area contributed by atoms with Gasteiger partial charge < -0.3 is 16.4 Å². The smallest absolute Gasteiger partial charge is 0.229 e. The number of anilines is 3. The Morgan fingerprint density at radius 1 is 1.58 bits per heavy atom. The van der Waals surface area contributed by atoms with E-state index < -0.39 is 5.41 Å². The second-order valence-corrected chi connectivity index (χ2v) is 7.01. The third-order valence-electron chi connectivity index (χ3n) is 4.33. The number of hydrogen-bond acceptors (Lipinski definition) is 6. The molecule has 9 heteroatoms. The van der Waals surface area contributed by atoms with Crippen molar-refractivity contribution in [3.8, 4) is 0 Å². The Morgan fingerprint density at radius 2 is 2.33 bits per heavy atom. The minimum absolute atomic E-state index is 0.00686. The van der Waals surface area contributed by atoms with Crippen molar-refractivity contribution in [3.05, 3.63) is 22.6 Å². The molecule has 2 aromatic heterocycles. The number of aromatic nitrogens is 4. The molecule has 0 unspecified atom stereocenters. The van der Waals surface area contributed by atoms with Crippen LogP contribution in [-0.2, 0) is 4.79 Å². The molecule has 0 aliphatic heterocycles. The molecular weight excluding hydrogens is 374 g/mol. The maximum atomic E-state index is 11.5. The highest BCUT2D eigenvalue weighted by Gasteiger charge is 2.57. The van der Waals surface area contributed by atoms with Gasteiger partial charge >= 0.3 is 0 Å². The van der Waals surface area contributed by atoms with E-state index in [4.69, 9.17) is 5.73 Å². The normalized spacial score (nSPS) is 22.2. The van der Waals surface area contributed by atoms with Gasteiger partial charge in [0, 0.05) is 18.9 Å². The van der Waals surface area contributed by atoms with Crippen molar-refractivity contribution in [2.45, 2.75) is 33.2 Å². The van der Waals surface area contributed by atoms with Crippen LogP contribution in [-0.4, -0.2) is 32.2 Å². The van der Waals surface area contributed by atoms with Gasteiger partial charge in [-0.05, 0) is 43.1 Å². The number of carbonyl (C=O) groups excluding carboxylic acids is 1. The molecule has 0 spiro atoms. The molecular formula is C15H20BrN7O. The molecule has 1 saturated carbocycles. The summed E-state index contributed by atoms with van der Waals surface area (Å²) in [6.45, 7) is 6.53. The summed E-state index contributed by atoms with van der Waals surface area (Å²) in [5, 5.41) is 10.8. The zero-order valence-corrected chi connectivity index (χ0v) is 15.4. The molecule has 24 heavy (non-hydrogen) atoms. The van der Waals surface area contributed by atoms with Gasteiger partial charge in [0.2, 0.25) is 11.9 Å². The third kappa shape index (κ3) is 2.95. The highest BCUT2D eigenvalue weighted by atomic mass is 79.9. The molecule has 2 aromatic rings. The van der Waals surface area contributed by atoms with Gasteiger partial charge in [0.15, 0.2) is 0 Å². The molecule has 3 rings (SSSR count). The van der Waals surface area contributed by atoms with Crippen LogP contribution in [0.25, 0.3) is 0 Å². The monoisotopic (exact) mass is 393 g/mol. The summed E-state index contributed by atoms with van der Waals surface area (Å²) in [7, 11) is 0. The number of nitrogens with one attached hydrogen (secondary N) is 2. The molecule has 0 bridgehead atoms. The summed E-state index contributed by atoms with van der Waals surface area (Å²) < 4.78 is 2.60. The van der Waals surface area contributed by atoms with E-state index in [0.29, 0.717) is 12.4 Å². The maximum absolute atomic E-state index is 11.5. The molecule has 1 fully saturated rings. The number of amides is 1. The first-order valence-electron chi connectivity index (χ1n) is 7.74. The summed E-state index contributed by atoms with van der Waals surface area (Å²) in [6, 6.07) is 0.00686. The van der Waals surface area contributed by atoms with Crippen LogP contribution < -0.4 is 16.4 Å². The minimum Gasteiger partial charge on any atom is -0.369 e. The van der Waals surface area contributed by atoms with Crippen LogP contribution in [0.5, 0.6) is 0 Å². The Hall–Kier alpha value is -2.16. The van der Waals surface area contributed by atoms with E-state index in [1.54, 1.807) is 10.9 Å². The number of nitrogens with zero attached hydrogens (tertiary/aromatic N) is 4. The van der Waals surface area contributed by atoms with E-state index >= 15 is 0 Å². The molecule has 2 atom stereocenters. The van der Waals surface area contributed by atoms with E-state index in [2.05, 4.69) is 41.6 Å². The van der Waals surface area contributed by atoms with Crippen molar-refractivity contribution in [2.24, 2.45) is 11.1 Å². The van der Waals surface area contributed by atoms with Gasteiger partial charge in [0.25, 0.3) is 0 Å². The molecule has 128 valence electrons. The van der Waals surface area contributed by atoms with Crippen molar-refractivity contribution in [1.82, 2.24) is 19.7 Å². The molecule has 1 aliphatic carbocycles. The Bertz CT molecular complexity index is 790. The van der Waals surface area contributed by atoms with Crippen LogP contribution in [0.3, 0.4) is 0 Å². The maximum Gasteiger partial charge on any atom is 0.229 e.